The number of nitrogens with zero attached hydrogens (tertiary/aromatic N) is 2. The lowest BCUT2D eigenvalue weighted by atomic mass is 10.0. The summed E-state index contributed by atoms with van der Waals surface area (Å²) in [6.45, 7) is 2.01. The number of aromatic nitrogens is 1. The zero-order valence-corrected chi connectivity index (χ0v) is 18.9. The lowest BCUT2D eigenvalue weighted by Gasteiger charge is -2.28. The van der Waals surface area contributed by atoms with Gasteiger partial charge in [0.15, 0.2) is 0 Å². The SMILES string of the molecule is COc1cccc(CCOc2cccc(C=C3CCN(C(=O)Nc4cccnc4)CC3)c2)c1. The van der Waals surface area contributed by atoms with Crippen LogP contribution in [0.1, 0.15) is 24.0 Å². The Morgan fingerprint density at radius 3 is 2.67 bits per heavy atom. The quantitative estimate of drug-likeness (QED) is 0.529. The van der Waals surface area contributed by atoms with Crippen LogP contribution in [-0.4, -0.2) is 42.7 Å². The zero-order chi connectivity index (χ0) is 22.9. The number of hydrogen-bond acceptors (Lipinski definition) is 4. The van der Waals surface area contributed by atoms with E-state index in [1.807, 2.05) is 47.4 Å². The van der Waals surface area contributed by atoms with Crippen molar-refractivity contribution in [1.29, 1.82) is 0 Å². The fraction of sp³-hybridized carbons (Fsp3) is 0.259. The molecule has 1 aromatic heterocycles. The van der Waals surface area contributed by atoms with Crippen LogP contribution in [0.3, 0.4) is 0 Å². The van der Waals surface area contributed by atoms with Gasteiger partial charge in [-0.2, -0.15) is 0 Å². The maximum atomic E-state index is 12.5. The first-order valence-corrected chi connectivity index (χ1v) is 11.2. The minimum Gasteiger partial charge on any atom is -0.497 e. The molecule has 2 heterocycles. The van der Waals surface area contributed by atoms with Crippen LogP contribution in [0, 0.1) is 0 Å². The molecule has 6 heteroatoms. The Balaban J connectivity index is 1.27. The highest BCUT2D eigenvalue weighted by Crippen LogP contribution is 2.23. The van der Waals surface area contributed by atoms with Gasteiger partial charge in [0.05, 0.1) is 25.6 Å². The molecule has 1 aliphatic rings. The molecule has 170 valence electrons. The van der Waals surface area contributed by atoms with Gasteiger partial charge in [-0.3, -0.25) is 4.98 Å². The van der Waals surface area contributed by atoms with E-state index in [0.29, 0.717) is 25.4 Å². The van der Waals surface area contributed by atoms with Crippen LogP contribution in [-0.2, 0) is 6.42 Å². The number of hydrogen-bond donors (Lipinski definition) is 1. The van der Waals surface area contributed by atoms with E-state index in [1.54, 1.807) is 19.5 Å². The average Bonchev–Trinajstić information content (AvgIpc) is 2.85. The zero-order valence-electron chi connectivity index (χ0n) is 18.9. The largest absolute Gasteiger partial charge is 0.497 e. The molecule has 0 atom stereocenters. The third kappa shape index (κ3) is 6.59. The van der Waals surface area contributed by atoms with Gasteiger partial charge in [0.25, 0.3) is 0 Å². The molecule has 0 unspecified atom stereocenters. The third-order valence-electron chi connectivity index (χ3n) is 5.63. The Hall–Kier alpha value is -3.80. The molecule has 1 aliphatic heterocycles. The van der Waals surface area contributed by atoms with E-state index < -0.39 is 0 Å². The van der Waals surface area contributed by atoms with Crippen LogP contribution in [0.2, 0.25) is 0 Å². The van der Waals surface area contributed by atoms with Gasteiger partial charge in [0, 0.05) is 25.7 Å². The molecule has 3 aromatic rings. The van der Waals surface area contributed by atoms with Gasteiger partial charge < -0.3 is 19.7 Å². The number of methoxy groups -OCH3 is 1. The van der Waals surface area contributed by atoms with Crippen molar-refractivity contribution in [2.75, 3.05) is 32.1 Å². The first-order chi connectivity index (χ1) is 16.2. The van der Waals surface area contributed by atoms with E-state index >= 15 is 0 Å². The van der Waals surface area contributed by atoms with Crippen LogP contribution in [0.25, 0.3) is 6.08 Å². The molecule has 0 saturated carbocycles. The molecule has 0 aliphatic carbocycles. The van der Waals surface area contributed by atoms with Gasteiger partial charge in [-0.25, -0.2) is 4.79 Å². The van der Waals surface area contributed by atoms with Gasteiger partial charge in [-0.05, 0) is 60.4 Å². The number of amides is 2. The van der Waals surface area contributed by atoms with Crippen molar-refractivity contribution in [2.45, 2.75) is 19.3 Å². The van der Waals surface area contributed by atoms with Crippen molar-refractivity contribution in [3.8, 4) is 11.5 Å². The van der Waals surface area contributed by atoms with Crippen molar-refractivity contribution in [3.05, 3.63) is 89.8 Å². The molecule has 0 bridgehead atoms. The highest BCUT2D eigenvalue weighted by atomic mass is 16.5. The van der Waals surface area contributed by atoms with E-state index in [1.165, 1.54) is 11.1 Å². The Kier molecular flexibility index (Phi) is 7.59. The number of likely N-dealkylation sites (tertiary alicyclic amines) is 1. The van der Waals surface area contributed by atoms with Crippen molar-refractivity contribution in [1.82, 2.24) is 9.88 Å². The molecule has 2 aromatic carbocycles. The van der Waals surface area contributed by atoms with Crippen molar-refractivity contribution >= 4 is 17.8 Å². The van der Waals surface area contributed by atoms with Gasteiger partial charge in [-0.1, -0.05) is 35.9 Å². The van der Waals surface area contributed by atoms with Crippen LogP contribution < -0.4 is 14.8 Å². The predicted octanol–water partition coefficient (Wildman–Crippen LogP) is 5.42. The summed E-state index contributed by atoms with van der Waals surface area (Å²) in [6.07, 6.45) is 8.10. The second-order valence-corrected chi connectivity index (χ2v) is 7.98. The number of ether oxygens (including phenoxy) is 2. The summed E-state index contributed by atoms with van der Waals surface area (Å²) >= 11 is 0. The summed E-state index contributed by atoms with van der Waals surface area (Å²) in [7, 11) is 1.68. The molecule has 2 amide bonds. The van der Waals surface area contributed by atoms with Crippen LogP contribution >= 0.6 is 0 Å². The number of anilines is 1. The van der Waals surface area contributed by atoms with Crippen LogP contribution in [0.5, 0.6) is 11.5 Å². The Morgan fingerprint density at radius 2 is 1.88 bits per heavy atom. The summed E-state index contributed by atoms with van der Waals surface area (Å²) < 4.78 is 11.3. The fourth-order valence-corrected chi connectivity index (χ4v) is 3.83. The molecule has 1 fully saturated rings. The molecule has 1 N–H and O–H groups in total. The molecule has 0 radical (unpaired) electrons. The maximum Gasteiger partial charge on any atom is 0.321 e. The first-order valence-electron chi connectivity index (χ1n) is 11.2. The third-order valence-corrected chi connectivity index (χ3v) is 5.63. The number of urea groups is 1. The fourth-order valence-electron chi connectivity index (χ4n) is 3.83. The number of piperidine rings is 1. The Bertz CT molecular complexity index is 1090. The lowest BCUT2D eigenvalue weighted by molar-refractivity contribution is 0.208. The molecule has 33 heavy (non-hydrogen) atoms. The molecular formula is C27H29N3O3. The predicted molar refractivity (Wildman–Crippen MR) is 131 cm³/mol. The van der Waals surface area contributed by atoms with Gasteiger partial charge in [0.1, 0.15) is 11.5 Å². The molecule has 4 rings (SSSR count). The summed E-state index contributed by atoms with van der Waals surface area (Å²) in [6, 6.07) is 19.8. The Morgan fingerprint density at radius 1 is 1.06 bits per heavy atom. The van der Waals surface area contributed by atoms with Gasteiger partial charge in [-0.15, -0.1) is 0 Å². The van der Waals surface area contributed by atoms with Crippen LogP contribution in [0.15, 0.2) is 78.6 Å². The van der Waals surface area contributed by atoms with Gasteiger partial charge in [0.2, 0.25) is 0 Å². The highest BCUT2D eigenvalue weighted by molar-refractivity contribution is 5.89. The van der Waals surface area contributed by atoms with Gasteiger partial charge >= 0.3 is 6.03 Å². The average molecular weight is 444 g/mol. The first kappa shape index (κ1) is 22.4. The smallest absolute Gasteiger partial charge is 0.321 e. The molecular weight excluding hydrogens is 414 g/mol. The standard InChI is InChI=1S/C27H29N3O3/c1-32-25-8-2-5-21(18-25)12-16-33-26-9-3-6-23(19-26)17-22-10-14-30(15-11-22)27(31)29-24-7-4-13-28-20-24/h2-9,13,17-20H,10-12,14-16H2,1H3,(H,29,31). The summed E-state index contributed by atoms with van der Waals surface area (Å²) in [5.41, 5.74) is 4.37. The van der Waals surface area contributed by atoms with E-state index in [9.17, 15) is 4.79 Å². The number of carbonyl (C=O) groups excluding carboxylic acids is 1. The number of nitrogens with one attached hydrogen (secondary N) is 1. The van der Waals surface area contributed by atoms with Crippen molar-refractivity contribution in [3.63, 3.8) is 0 Å². The minimum absolute atomic E-state index is 0.0755. The van der Waals surface area contributed by atoms with Crippen molar-refractivity contribution in [2.24, 2.45) is 0 Å². The minimum atomic E-state index is -0.0755. The lowest BCUT2D eigenvalue weighted by Crippen LogP contribution is -2.39. The second-order valence-electron chi connectivity index (χ2n) is 7.98. The molecule has 1 saturated heterocycles. The highest BCUT2D eigenvalue weighted by Gasteiger charge is 2.19. The topological polar surface area (TPSA) is 63.7 Å². The number of rotatable bonds is 7. The van der Waals surface area contributed by atoms with E-state index in [4.69, 9.17) is 9.47 Å². The van der Waals surface area contributed by atoms with E-state index in [-0.39, 0.29) is 6.03 Å². The van der Waals surface area contributed by atoms with Crippen molar-refractivity contribution < 1.29 is 14.3 Å². The number of carbonyl (C=O) groups is 1. The summed E-state index contributed by atoms with van der Waals surface area (Å²) in [5.74, 6) is 1.72. The van der Waals surface area contributed by atoms with Crippen LogP contribution in [0.4, 0.5) is 10.5 Å². The van der Waals surface area contributed by atoms with E-state index in [2.05, 4.69) is 34.6 Å². The molecule has 0 spiro atoms. The summed E-state index contributed by atoms with van der Waals surface area (Å²) in [5, 5.41) is 2.90. The monoisotopic (exact) mass is 443 g/mol. The Labute approximate surface area is 194 Å². The number of pyridine rings is 1. The number of benzene rings is 2. The second kappa shape index (κ2) is 11.2. The molecule has 6 nitrogen and oxygen atoms in total. The maximum absolute atomic E-state index is 12.5. The normalized spacial score (nSPS) is 13.4. The summed E-state index contributed by atoms with van der Waals surface area (Å²) in [4.78, 5) is 18.3. The van der Waals surface area contributed by atoms with E-state index in [0.717, 1.165) is 36.3 Å².